The third-order valence-corrected chi connectivity index (χ3v) is 3.09. The minimum atomic E-state index is -0.873. The molecule has 0 aliphatic carbocycles. The van der Waals surface area contributed by atoms with Crippen LogP contribution in [0.15, 0.2) is 34.5 Å². The van der Waals surface area contributed by atoms with Gasteiger partial charge in [-0.05, 0) is 27.7 Å². The van der Waals surface area contributed by atoms with Crippen LogP contribution in [0.2, 0.25) is 0 Å². The maximum absolute atomic E-state index is 11.4. The summed E-state index contributed by atoms with van der Waals surface area (Å²) in [7, 11) is 0. The first-order valence-electron chi connectivity index (χ1n) is 6.42. The van der Waals surface area contributed by atoms with Crippen LogP contribution in [0, 0.1) is 10.8 Å². The Labute approximate surface area is 120 Å². The van der Waals surface area contributed by atoms with E-state index < -0.39 is 22.6 Å². The van der Waals surface area contributed by atoms with Gasteiger partial charge in [-0.25, -0.2) is 0 Å². The van der Waals surface area contributed by atoms with E-state index in [2.05, 4.69) is 10.2 Å². The molecule has 112 valence electrons. The van der Waals surface area contributed by atoms with Gasteiger partial charge >= 0.3 is 0 Å². The van der Waals surface area contributed by atoms with E-state index in [1.165, 1.54) is 0 Å². The van der Waals surface area contributed by atoms with E-state index in [0.29, 0.717) is 0 Å². The zero-order chi connectivity index (χ0) is 15.8. The number of hydrogen-bond donors (Lipinski definition) is 2. The van der Waals surface area contributed by atoms with E-state index >= 15 is 0 Å². The van der Waals surface area contributed by atoms with Crippen LogP contribution in [0.3, 0.4) is 0 Å². The van der Waals surface area contributed by atoms with Crippen LogP contribution in [0.5, 0.6) is 0 Å². The van der Waals surface area contributed by atoms with Gasteiger partial charge in [0.15, 0.2) is 0 Å². The number of carbonyl (C=O) groups excluding carboxylic acids is 2. The van der Waals surface area contributed by atoms with Crippen molar-refractivity contribution in [3.05, 3.63) is 24.3 Å². The average Bonchev–Trinajstić information content (AvgIpc) is 2.35. The molecule has 0 fully saturated rings. The van der Waals surface area contributed by atoms with Gasteiger partial charge in [0.25, 0.3) is 0 Å². The Balaban J connectivity index is 4.82. The van der Waals surface area contributed by atoms with Crippen LogP contribution >= 0.6 is 0 Å². The van der Waals surface area contributed by atoms with Crippen LogP contribution in [0.25, 0.3) is 0 Å². The van der Waals surface area contributed by atoms with E-state index in [0.717, 1.165) is 0 Å². The summed E-state index contributed by atoms with van der Waals surface area (Å²) >= 11 is 0. The van der Waals surface area contributed by atoms with Crippen LogP contribution in [0.1, 0.15) is 27.7 Å². The number of amides is 2. The quantitative estimate of drug-likeness (QED) is 0.519. The average molecular weight is 280 g/mol. The fourth-order valence-electron chi connectivity index (χ4n) is 1.55. The van der Waals surface area contributed by atoms with Crippen molar-refractivity contribution in [1.29, 1.82) is 0 Å². The largest absolute Gasteiger partial charge is 0.369 e. The molecule has 0 aliphatic heterocycles. The molecule has 0 heterocycles. The van der Waals surface area contributed by atoms with Gasteiger partial charge in [0, 0.05) is 0 Å². The van der Waals surface area contributed by atoms with Crippen molar-refractivity contribution < 1.29 is 9.59 Å². The summed E-state index contributed by atoms with van der Waals surface area (Å²) in [6.45, 7) is 7.25. The summed E-state index contributed by atoms with van der Waals surface area (Å²) in [6.07, 6.45) is 6.86. The fourth-order valence-corrected chi connectivity index (χ4v) is 1.55. The highest BCUT2D eigenvalue weighted by Crippen LogP contribution is 2.21. The van der Waals surface area contributed by atoms with Crippen LogP contribution < -0.4 is 11.5 Å². The molecule has 6 nitrogen and oxygen atoms in total. The number of allylic oxidation sites excluding steroid dienone is 2. The van der Waals surface area contributed by atoms with E-state index in [1.807, 2.05) is 0 Å². The third-order valence-electron chi connectivity index (χ3n) is 3.09. The summed E-state index contributed by atoms with van der Waals surface area (Å²) < 4.78 is 0. The van der Waals surface area contributed by atoms with Gasteiger partial charge in [-0.1, -0.05) is 24.3 Å². The highest BCUT2D eigenvalue weighted by Gasteiger charge is 2.29. The first-order chi connectivity index (χ1) is 9.22. The monoisotopic (exact) mass is 280 g/mol. The molecule has 4 N–H and O–H groups in total. The van der Waals surface area contributed by atoms with Crippen molar-refractivity contribution >= 4 is 11.8 Å². The molecule has 6 heteroatoms. The van der Waals surface area contributed by atoms with Crippen molar-refractivity contribution in [2.24, 2.45) is 32.5 Å². The molecule has 0 spiro atoms. The molecule has 0 rings (SSSR count). The number of hydrogen-bond acceptors (Lipinski definition) is 4. The molecule has 2 unspecified atom stereocenters. The minimum Gasteiger partial charge on any atom is -0.369 e. The van der Waals surface area contributed by atoms with Crippen LogP contribution in [-0.2, 0) is 9.59 Å². The van der Waals surface area contributed by atoms with Gasteiger partial charge in [0.1, 0.15) is 0 Å². The molecule has 20 heavy (non-hydrogen) atoms. The van der Waals surface area contributed by atoms with E-state index in [9.17, 15) is 9.59 Å². The topological polar surface area (TPSA) is 111 Å². The second-order valence-electron chi connectivity index (χ2n) is 5.16. The highest BCUT2D eigenvalue weighted by atomic mass is 16.1. The molecular formula is C14H24N4O2. The maximum Gasteiger partial charge on any atom is 0.229 e. The number of nitrogens with zero attached hydrogens (tertiary/aromatic N) is 2. The van der Waals surface area contributed by atoms with Gasteiger partial charge in [-0.3, -0.25) is 9.59 Å². The minimum absolute atomic E-state index is 0.136. The van der Waals surface area contributed by atoms with E-state index in [-0.39, 0.29) is 13.1 Å². The standard InChI is InChI=1S/C14H24N4O2/c1-5-7-13(3,11(15)19)9-17-18-10-14(4,8-6-2)12(16)20/h5-8H,9-10H2,1-4H3,(H2,15,19)(H2,16,20). The van der Waals surface area contributed by atoms with Crippen molar-refractivity contribution in [1.82, 2.24) is 0 Å². The lowest BCUT2D eigenvalue weighted by atomic mass is 9.89. The summed E-state index contributed by atoms with van der Waals surface area (Å²) in [4.78, 5) is 22.8. The van der Waals surface area contributed by atoms with Gasteiger partial charge in [0.05, 0.1) is 23.9 Å². The van der Waals surface area contributed by atoms with Crippen LogP contribution in [-0.4, -0.2) is 24.9 Å². The molecule has 0 saturated heterocycles. The lowest BCUT2D eigenvalue weighted by Crippen LogP contribution is -2.36. The Bertz CT molecular complexity index is 402. The van der Waals surface area contributed by atoms with E-state index in [1.54, 1.807) is 52.0 Å². The van der Waals surface area contributed by atoms with Crippen molar-refractivity contribution in [3.8, 4) is 0 Å². The molecule has 0 aromatic rings. The maximum atomic E-state index is 11.4. The number of rotatable bonds is 8. The Kier molecular flexibility index (Phi) is 6.82. The van der Waals surface area contributed by atoms with Crippen molar-refractivity contribution in [2.75, 3.05) is 13.1 Å². The van der Waals surface area contributed by atoms with E-state index in [4.69, 9.17) is 11.5 Å². The molecule has 0 bridgehead atoms. The second kappa shape index (κ2) is 7.57. The molecule has 0 aromatic heterocycles. The highest BCUT2D eigenvalue weighted by molar-refractivity contribution is 5.83. The smallest absolute Gasteiger partial charge is 0.229 e. The lowest BCUT2D eigenvalue weighted by molar-refractivity contribution is -0.125. The summed E-state index contributed by atoms with van der Waals surface area (Å²) in [5.41, 5.74) is 8.94. The predicted molar refractivity (Wildman–Crippen MR) is 78.8 cm³/mol. The Hall–Kier alpha value is -1.98. The fraction of sp³-hybridized carbons (Fsp3) is 0.571. The van der Waals surface area contributed by atoms with Crippen molar-refractivity contribution in [2.45, 2.75) is 27.7 Å². The molecule has 2 amide bonds. The van der Waals surface area contributed by atoms with Gasteiger partial charge < -0.3 is 11.5 Å². The Morgan fingerprint density at radius 3 is 1.40 bits per heavy atom. The molecule has 0 radical (unpaired) electrons. The first-order valence-corrected chi connectivity index (χ1v) is 6.42. The summed E-state index contributed by atoms with van der Waals surface area (Å²) in [5, 5.41) is 7.93. The lowest BCUT2D eigenvalue weighted by Gasteiger charge is -2.20. The number of azo groups is 1. The molecule has 2 atom stereocenters. The predicted octanol–water partition coefficient (Wildman–Crippen LogP) is 1.57. The van der Waals surface area contributed by atoms with Gasteiger partial charge in [-0.2, -0.15) is 10.2 Å². The zero-order valence-electron chi connectivity index (χ0n) is 12.6. The first kappa shape index (κ1) is 18.0. The second-order valence-corrected chi connectivity index (χ2v) is 5.16. The summed E-state index contributed by atoms with van der Waals surface area (Å²) in [6, 6.07) is 0. The number of carbonyl (C=O) groups is 2. The van der Waals surface area contributed by atoms with Gasteiger partial charge in [0.2, 0.25) is 11.8 Å². The number of nitrogens with two attached hydrogens (primary N) is 2. The molecular weight excluding hydrogens is 256 g/mol. The van der Waals surface area contributed by atoms with Crippen LogP contribution in [0.4, 0.5) is 0 Å². The zero-order valence-corrected chi connectivity index (χ0v) is 12.6. The number of primary amides is 2. The summed E-state index contributed by atoms with van der Waals surface area (Å²) in [5.74, 6) is -0.943. The molecule has 0 saturated carbocycles. The Morgan fingerprint density at radius 1 is 0.900 bits per heavy atom. The van der Waals surface area contributed by atoms with Crippen molar-refractivity contribution in [3.63, 3.8) is 0 Å². The molecule has 0 aromatic carbocycles. The normalized spacial score (nSPS) is 18.4. The third kappa shape index (κ3) is 4.95. The SMILES string of the molecule is CC=CC(C)(CN=NCC(C)(C=CC)C(N)=O)C(N)=O. The van der Waals surface area contributed by atoms with Gasteiger partial charge in [-0.15, -0.1) is 0 Å². The molecule has 0 aliphatic rings. The Morgan fingerprint density at radius 2 is 1.20 bits per heavy atom.